The van der Waals surface area contributed by atoms with E-state index in [-0.39, 0.29) is 6.61 Å². The van der Waals surface area contributed by atoms with Crippen molar-refractivity contribution >= 4 is 0 Å². The predicted molar refractivity (Wildman–Crippen MR) is 43.0 cm³/mol. The van der Waals surface area contributed by atoms with Crippen LogP contribution in [0.4, 0.5) is 0 Å². The minimum absolute atomic E-state index is 0.266. The molecule has 0 aliphatic carbocycles. The highest BCUT2D eigenvalue weighted by atomic mass is 16.5. The van der Waals surface area contributed by atoms with Crippen LogP contribution in [0.15, 0.2) is 0 Å². The summed E-state index contributed by atoms with van der Waals surface area (Å²) >= 11 is 0. The maximum Gasteiger partial charge on any atom is 0.151 e. The quantitative estimate of drug-likeness (QED) is 0.380. The molecular weight excluding hydrogens is 144 g/mol. The van der Waals surface area contributed by atoms with Crippen molar-refractivity contribution in [2.75, 3.05) is 6.61 Å². The Labute approximate surface area is 67.7 Å². The van der Waals surface area contributed by atoms with Gasteiger partial charge in [0.1, 0.15) is 0 Å². The summed E-state index contributed by atoms with van der Waals surface area (Å²) in [5.41, 5.74) is 0. The molecule has 0 aromatic heterocycles. The smallest absolute Gasteiger partial charge is 0.151 e. The summed E-state index contributed by atoms with van der Waals surface area (Å²) in [6, 6.07) is 0. The van der Waals surface area contributed by atoms with Crippen LogP contribution in [0.2, 0.25) is 0 Å². The average Bonchev–Trinajstić information content (AvgIpc) is 1.96. The van der Waals surface area contributed by atoms with Crippen LogP contribution < -0.4 is 0 Å². The molecule has 0 heterocycles. The molecule has 11 heavy (non-hydrogen) atoms. The zero-order chi connectivity index (χ0) is 8.53. The molecule has 0 atom stereocenters. The van der Waals surface area contributed by atoms with Crippen LogP contribution in [0.3, 0.4) is 0 Å². The molecule has 0 spiro atoms. The fourth-order valence-corrected chi connectivity index (χ4v) is 0.969. The van der Waals surface area contributed by atoms with Gasteiger partial charge in [-0.05, 0) is 19.3 Å². The molecule has 3 heteroatoms. The SMILES string of the molecule is OCCCCCCCC(O)O. The molecule has 68 valence electrons. The van der Waals surface area contributed by atoms with Crippen LogP contribution in [0, 0.1) is 0 Å². The molecule has 0 aromatic rings. The standard InChI is InChI=1S/C8H18O3/c9-7-5-3-1-2-4-6-8(10)11/h8-11H,1-7H2. The van der Waals surface area contributed by atoms with Gasteiger partial charge in [0.05, 0.1) is 0 Å². The summed E-state index contributed by atoms with van der Waals surface area (Å²) in [5.74, 6) is 0. The van der Waals surface area contributed by atoms with Gasteiger partial charge in [0.25, 0.3) is 0 Å². The second-order valence-electron chi connectivity index (χ2n) is 2.76. The first kappa shape index (κ1) is 10.9. The summed E-state index contributed by atoms with van der Waals surface area (Å²) in [6.07, 6.45) is 4.19. The Morgan fingerprint density at radius 2 is 1.36 bits per heavy atom. The maximum absolute atomic E-state index is 8.47. The van der Waals surface area contributed by atoms with Crippen molar-refractivity contribution < 1.29 is 15.3 Å². The van der Waals surface area contributed by atoms with Gasteiger partial charge in [0.2, 0.25) is 0 Å². The Balaban J connectivity index is 2.80. The van der Waals surface area contributed by atoms with Gasteiger partial charge in [-0.15, -0.1) is 0 Å². The van der Waals surface area contributed by atoms with Gasteiger partial charge in [-0.2, -0.15) is 0 Å². The van der Waals surface area contributed by atoms with Crippen molar-refractivity contribution in [2.24, 2.45) is 0 Å². The third kappa shape index (κ3) is 9.88. The Bertz CT molecular complexity index is 73.7. The molecule has 0 aliphatic heterocycles. The Morgan fingerprint density at radius 3 is 1.91 bits per heavy atom. The lowest BCUT2D eigenvalue weighted by Crippen LogP contribution is -2.02. The van der Waals surface area contributed by atoms with E-state index in [1.807, 2.05) is 0 Å². The molecule has 0 rings (SSSR count). The highest BCUT2D eigenvalue weighted by Crippen LogP contribution is 2.05. The molecule has 0 aromatic carbocycles. The van der Waals surface area contributed by atoms with Crippen LogP contribution in [-0.2, 0) is 0 Å². The second-order valence-corrected chi connectivity index (χ2v) is 2.76. The predicted octanol–water partition coefficient (Wildman–Crippen LogP) is 0.630. The van der Waals surface area contributed by atoms with Gasteiger partial charge in [-0.1, -0.05) is 19.3 Å². The number of aliphatic hydroxyl groups is 3. The highest BCUT2D eigenvalue weighted by Gasteiger charge is 1.95. The topological polar surface area (TPSA) is 60.7 Å². The summed E-state index contributed by atoms with van der Waals surface area (Å²) in [6.45, 7) is 0.266. The molecule has 0 unspecified atom stereocenters. The Hall–Kier alpha value is -0.120. The molecule has 3 N–H and O–H groups in total. The van der Waals surface area contributed by atoms with E-state index in [0.717, 1.165) is 32.1 Å². The van der Waals surface area contributed by atoms with Gasteiger partial charge in [0.15, 0.2) is 6.29 Å². The summed E-state index contributed by atoms with van der Waals surface area (Å²) < 4.78 is 0. The Kier molecular flexibility index (Phi) is 7.89. The van der Waals surface area contributed by atoms with E-state index in [4.69, 9.17) is 15.3 Å². The van der Waals surface area contributed by atoms with Gasteiger partial charge < -0.3 is 15.3 Å². The average molecular weight is 162 g/mol. The van der Waals surface area contributed by atoms with Gasteiger partial charge >= 0.3 is 0 Å². The first-order valence-corrected chi connectivity index (χ1v) is 4.24. The normalized spacial score (nSPS) is 10.9. The molecule has 0 bridgehead atoms. The second kappa shape index (κ2) is 7.98. The van der Waals surface area contributed by atoms with Crippen molar-refractivity contribution in [2.45, 2.75) is 44.8 Å². The van der Waals surface area contributed by atoms with Crippen molar-refractivity contribution in [1.82, 2.24) is 0 Å². The first-order chi connectivity index (χ1) is 5.27. The zero-order valence-corrected chi connectivity index (χ0v) is 6.87. The lowest BCUT2D eigenvalue weighted by Gasteiger charge is -2.02. The van der Waals surface area contributed by atoms with Crippen molar-refractivity contribution in [3.63, 3.8) is 0 Å². The van der Waals surface area contributed by atoms with E-state index in [0.29, 0.717) is 6.42 Å². The molecule has 3 nitrogen and oxygen atoms in total. The van der Waals surface area contributed by atoms with Crippen LogP contribution in [0.5, 0.6) is 0 Å². The third-order valence-electron chi connectivity index (χ3n) is 1.62. The van der Waals surface area contributed by atoms with Crippen LogP contribution in [0.25, 0.3) is 0 Å². The van der Waals surface area contributed by atoms with Gasteiger partial charge in [0, 0.05) is 6.61 Å². The molecule has 0 aliphatic rings. The summed E-state index contributed by atoms with van der Waals surface area (Å²) in [4.78, 5) is 0. The summed E-state index contributed by atoms with van der Waals surface area (Å²) in [7, 11) is 0. The van der Waals surface area contributed by atoms with Crippen LogP contribution >= 0.6 is 0 Å². The van der Waals surface area contributed by atoms with Crippen LogP contribution in [0.1, 0.15) is 38.5 Å². The minimum Gasteiger partial charge on any atom is -0.396 e. The molecule has 0 saturated heterocycles. The number of rotatable bonds is 7. The van der Waals surface area contributed by atoms with E-state index in [1.54, 1.807) is 0 Å². The van der Waals surface area contributed by atoms with E-state index in [2.05, 4.69) is 0 Å². The molecule has 0 amide bonds. The van der Waals surface area contributed by atoms with Gasteiger partial charge in [-0.3, -0.25) is 0 Å². The lowest BCUT2D eigenvalue weighted by molar-refractivity contribution is -0.0466. The molecule has 0 saturated carbocycles. The number of aliphatic hydroxyl groups excluding tert-OH is 2. The lowest BCUT2D eigenvalue weighted by atomic mass is 10.1. The van der Waals surface area contributed by atoms with E-state index in [1.165, 1.54) is 0 Å². The van der Waals surface area contributed by atoms with Gasteiger partial charge in [-0.25, -0.2) is 0 Å². The number of hydrogen-bond acceptors (Lipinski definition) is 3. The third-order valence-corrected chi connectivity index (χ3v) is 1.62. The van der Waals surface area contributed by atoms with Crippen molar-refractivity contribution in [3.8, 4) is 0 Å². The molecule has 0 fully saturated rings. The molecule has 0 radical (unpaired) electrons. The monoisotopic (exact) mass is 162 g/mol. The van der Waals surface area contributed by atoms with Crippen molar-refractivity contribution in [3.05, 3.63) is 0 Å². The first-order valence-electron chi connectivity index (χ1n) is 4.24. The zero-order valence-electron chi connectivity index (χ0n) is 6.87. The van der Waals surface area contributed by atoms with E-state index in [9.17, 15) is 0 Å². The minimum atomic E-state index is -1.15. The number of hydrogen-bond donors (Lipinski definition) is 3. The van der Waals surface area contributed by atoms with E-state index < -0.39 is 6.29 Å². The largest absolute Gasteiger partial charge is 0.396 e. The maximum atomic E-state index is 8.47. The molecular formula is C8H18O3. The van der Waals surface area contributed by atoms with Crippen molar-refractivity contribution in [1.29, 1.82) is 0 Å². The summed E-state index contributed by atoms with van der Waals surface area (Å²) in [5, 5.41) is 25.4. The van der Waals surface area contributed by atoms with Crippen LogP contribution in [-0.4, -0.2) is 28.2 Å². The number of unbranched alkanes of at least 4 members (excludes halogenated alkanes) is 4. The highest BCUT2D eigenvalue weighted by molar-refractivity contribution is 4.45. The fraction of sp³-hybridized carbons (Fsp3) is 1.00. The van der Waals surface area contributed by atoms with E-state index >= 15 is 0 Å². The fourth-order valence-electron chi connectivity index (χ4n) is 0.969. The Morgan fingerprint density at radius 1 is 0.818 bits per heavy atom.